The molecule has 2 fully saturated rings. The van der Waals surface area contributed by atoms with E-state index >= 15 is 0 Å². The number of carbonyl (C=O) groups excluding carboxylic acids is 1. The molecule has 0 bridgehead atoms. The van der Waals surface area contributed by atoms with E-state index in [4.69, 9.17) is 4.74 Å². The quantitative estimate of drug-likeness (QED) is 0.715. The molecule has 3 atom stereocenters. The van der Waals surface area contributed by atoms with Gasteiger partial charge >= 0.3 is 0 Å². The van der Waals surface area contributed by atoms with Crippen LogP contribution in [0, 0.1) is 11.8 Å². The molecule has 2 aliphatic heterocycles. The third kappa shape index (κ3) is 2.01. The summed E-state index contributed by atoms with van der Waals surface area (Å²) in [6.07, 6.45) is 1.84. The van der Waals surface area contributed by atoms with Gasteiger partial charge in [-0.05, 0) is 18.8 Å². The fourth-order valence-corrected chi connectivity index (χ4v) is 2.52. The van der Waals surface area contributed by atoms with Gasteiger partial charge in [0.1, 0.15) is 0 Å². The van der Waals surface area contributed by atoms with E-state index in [0.717, 1.165) is 19.4 Å². The Morgan fingerprint density at radius 3 is 2.93 bits per heavy atom. The van der Waals surface area contributed by atoms with Crippen LogP contribution in [0.15, 0.2) is 0 Å². The summed E-state index contributed by atoms with van der Waals surface area (Å²) in [5.41, 5.74) is 0. The van der Waals surface area contributed by atoms with Crippen molar-refractivity contribution in [3.8, 4) is 0 Å². The van der Waals surface area contributed by atoms with Gasteiger partial charge in [-0.15, -0.1) is 0 Å². The van der Waals surface area contributed by atoms with Gasteiger partial charge in [-0.1, -0.05) is 6.92 Å². The van der Waals surface area contributed by atoms with E-state index in [1.165, 1.54) is 0 Å². The van der Waals surface area contributed by atoms with E-state index in [2.05, 4.69) is 6.92 Å². The standard InChI is InChI=1S/C11H19NO3/c1-8-2-4-12(10(8)6-13)11(14)9-3-5-15-7-9/h8-10,13H,2-7H2,1H3. The highest BCUT2D eigenvalue weighted by Gasteiger charge is 2.37. The van der Waals surface area contributed by atoms with E-state index in [1.807, 2.05) is 4.90 Å². The van der Waals surface area contributed by atoms with Crippen LogP contribution in [-0.4, -0.2) is 48.3 Å². The molecule has 0 aromatic carbocycles. The maximum Gasteiger partial charge on any atom is 0.228 e. The summed E-state index contributed by atoms with van der Waals surface area (Å²) in [6, 6.07) is 0.0260. The second-order valence-corrected chi connectivity index (χ2v) is 4.61. The Morgan fingerprint density at radius 1 is 1.53 bits per heavy atom. The molecule has 15 heavy (non-hydrogen) atoms. The lowest BCUT2D eigenvalue weighted by Crippen LogP contribution is -2.43. The predicted octanol–water partition coefficient (Wildman–Crippen LogP) is 0.252. The van der Waals surface area contributed by atoms with Crippen LogP contribution < -0.4 is 0 Å². The lowest BCUT2D eigenvalue weighted by Gasteiger charge is -2.27. The molecular weight excluding hydrogens is 194 g/mol. The van der Waals surface area contributed by atoms with Crippen molar-refractivity contribution in [2.45, 2.75) is 25.8 Å². The number of ether oxygens (including phenoxy) is 1. The number of nitrogens with zero attached hydrogens (tertiary/aromatic N) is 1. The van der Waals surface area contributed by atoms with Crippen molar-refractivity contribution >= 4 is 5.91 Å². The average Bonchev–Trinajstić information content (AvgIpc) is 2.85. The molecule has 1 N–H and O–H groups in total. The Morgan fingerprint density at radius 2 is 2.33 bits per heavy atom. The molecule has 0 saturated carbocycles. The minimum Gasteiger partial charge on any atom is -0.394 e. The Kier molecular flexibility index (Phi) is 3.26. The van der Waals surface area contributed by atoms with Crippen LogP contribution in [0.25, 0.3) is 0 Å². The zero-order valence-electron chi connectivity index (χ0n) is 9.19. The van der Waals surface area contributed by atoms with Gasteiger partial charge in [-0.25, -0.2) is 0 Å². The molecule has 86 valence electrons. The predicted molar refractivity (Wildman–Crippen MR) is 55.3 cm³/mol. The van der Waals surface area contributed by atoms with Gasteiger partial charge in [0.15, 0.2) is 0 Å². The number of aliphatic hydroxyl groups is 1. The summed E-state index contributed by atoms with van der Waals surface area (Å²) in [5, 5.41) is 9.27. The SMILES string of the molecule is CC1CCN(C(=O)C2CCOC2)C1CO. The smallest absolute Gasteiger partial charge is 0.228 e. The molecule has 2 rings (SSSR count). The Labute approximate surface area is 90.2 Å². The topological polar surface area (TPSA) is 49.8 Å². The second-order valence-electron chi connectivity index (χ2n) is 4.61. The fourth-order valence-electron chi connectivity index (χ4n) is 2.52. The van der Waals surface area contributed by atoms with Crippen LogP contribution in [0.4, 0.5) is 0 Å². The van der Waals surface area contributed by atoms with Crippen LogP contribution in [-0.2, 0) is 9.53 Å². The molecular formula is C11H19NO3. The summed E-state index contributed by atoms with van der Waals surface area (Å²) in [5.74, 6) is 0.626. The van der Waals surface area contributed by atoms with Crippen molar-refractivity contribution in [2.24, 2.45) is 11.8 Å². The van der Waals surface area contributed by atoms with E-state index in [1.54, 1.807) is 0 Å². The molecule has 0 aromatic rings. The number of hydrogen-bond acceptors (Lipinski definition) is 3. The average molecular weight is 213 g/mol. The van der Waals surface area contributed by atoms with Crippen LogP contribution >= 0.6 is 0 Å². The zero-order chi connectivity index (χ0) is 10.8. The molecule has 2 heterocycles. The summed E-state index contributed by atoms with van der Waals surface area (Å²) < 4.78 is 5.22. The number of rotatable bonds is 2. The van der Waals surface area contributed by atoms with E-state index in [0.29, 0.717) is 19.1 Å². The van der Waals surface area contributed by atoms with Gasteiger partial charge in [0.05, 0.1) is 25.2 Å². The van der Waals surface area contributed by atoms with Crippen molar-refractivity contribution in [1.29, 1.82) is 0 Å². The zero-order valence-corrected chi connectivity index (χ0v) is 9.19. The molecule has 2 aliphatic rings. The monoisotopic (exact) mass is 213 g/mol. The van der Waals surface area contributed by atoms with E-state index < -0.39 is 0 Å². The van der Waals surface area contributed by atoms with Crippen molar-refractivity contribution in [3.05, 3.63) is 0 Å². The highest BCUT2D eigenvalue weighted by Crippen LogP contribution is 2.27. The van der Waals surface area contributed by atoms with Crippen LogP contribution in [0.2, 0.25) is 0 Å². The summed E-state index contributed by atoms with van der Waals surface area (Å²) >= 11 is 0. The Bertz CT molecular complexity index is 238. The molecule has 0 spiro atoms. The molecule has 2 saturated heterocycles. The number of amides is 1. The summed E-state index contributed by atoms with van der Waals surface area (Å²) in [7, 11) is 0. The van der Waals surface area contributed by atoms with Gasteiger partial charge in [0.2, 0.25) is 5.91 Å². The van der Waals surface area contributed by atoms with Gasteiger partial charge in [0.25, 0.3) is 0 Å². The largest absolute Gasteiger partial charge is 0.394 e. The van der Waals surface area contributed by atoms with E-state index in [9.17, 15) is 9.90 Å². The maximum atomic E-state index is 12.1. The first kappa shape index (κ1) is 10.9. The molecule has 3 unspecified atom stereocenters. The Hall–Kier alpha value is -0.610. The molecule has 0 aromatic heterocycles. The van der Waals surface area contributed by atoms with Gasteiger partial charge in [-0.3, -0.25) is 4.79 Å². The lowest BCUT2D eigenvalue weighted by atomic mass is 10.0. The van der Waals surface area contributed by atoms with E-state index in [-0.39, 0.29) is 24.5 Å². The number of aliphatic hydroxyl groups excluding tert-OH is 1. The highest BCUT2D eigenvalue weighted by atomic mass is 16.5. The molecule has 0 aliphatic carbocycles. The van der Waals surface area contributed by atoms with Crippen molar-refractivity contribution < 1.29 is 14.6 Å². The molecule has 4 nitrogen and oxygen atoms in total. The number of likely N-dealkylation sites (tertiary alicyclic amines) is 1. The van der Waals surface area contributed by atoms with Crippen molar-refractivity contribution in [3.63, 3.8) is 0 Å². The van der Waals surface area contributed by atoms with Gasteiger partial charge < -0.3 is 14.7 Å². The second kappa shape index (κ2) is 4.49. The number of hydrogen-bond donors (Lipinski definition) is 1. The maximum absolute atomic E-state index is 12.1. The summed E-state index contributed by atoms with van der Waals surface area (Å²) in [6.45, 7) is 4.23. The Balaban J connectivity index is 2.00. The van der Waals surface area contributed by atoms with Crippen LogP contribution in [0.3, 0.4) is 0 Å². The number of carbonyl (C=O) groups is 1. The summed E-state index contributed by atoms with van der Waals surface area (Å²) in [4.78, 5) is 13.9. The van der Waals surface area contributed by atoms with Gasteiger partial charge in [-0.2, -0.15) is 0 Å². The minimum atomic E-state index is 0.0260. The molecule has 0 radical (unpaired) electrons. The normalized spacial score (nSPS) is 36.1. The third-order valence-electron chi connectivity index (χ3n) is 3.63. The van der Waals surface area contributed by atoms with Crippen molar-refractivity contribution in [1.82, 2.24) is 4.90 Å². The van der Waals surface area contributed by atoms with Gasteiger partial charge in [0, 0.05) is 13.2 Å². The molecule has 4 heteroatoms. The first-order chi connectivity index (χ1) is 7.24. The first-order valence-electron chi connectivity index (χ1n) is 5.73. The minimum absolute atomic E-state index is 0.0260. The lowest BCUT2D eigenvalue weighted by molar-refractivity contribution is -0.137. The van der Waals surface area contributed by atoms with Crippen LogP contribution in [0.1, 0.15) is 19.8 Å². The third-order valence-corrected chi connectivity index (χ3v) is 3.63. The first-order valence-corrected chi connectivity index (χ1v) is 5.73. The van der Waals surface area contributed by atoms with Crippen molar-refractivity contribution in [2.75, 3.05) is 26.4 Å². The fraction of sp³-hybridized carbons (Fsp3) is 0.909. The molecule has 1 amide bonds. The van der Waals surface area contributed by atoms with Crippen LogP contribution in [0.5, 0.6) is 0 Å². The highest BCUT2D eigenvalue weighted by molar-refractivity contribution is 5.79.